The lowest BCUT2D eigenvalue weighted by molar-refractivity contribution is -0.131. The van der Waals surface area contributed by atoms with Crippen LogP contribution in [0.15, 0.2) is 22.7 Å². The maximum absolute atomic E-state index is 12.3. The zero-order chi connectivity index (χ0) is 13.8. The molecule has 4 nitrogen and oxygen atoms in total. The molecule has 1 amide bonds. The molecule has 20 heavy (non-hydrogen) atoms. The Balaban J connectivity index is 0.00000200. The first-order chi connectivity index (χ1) is 9.10. The van der Waals surface area contributed by atoms with Gasteiger partial charge in [0, 0.05) is 29.2 Å². The number of benzene rings is 1. The van der Waals surface area contributed by atoms with E-state index in [2.05, 4.69) is 15.9 Å². The van der Waals surface area contributed by atoms with Crippen LogP contribution < -0.4 is 10.5 Å². The number of carbonyl (C=O) groups excluding carboxylic acids is 1. The Morgan fingerprint density at radius 1 is 1.55 bits per heavy atom. The molecule has 1 aromatic carbocycles. The van der Waals surface area contributed by atoms with Gasteiger partial charge in [-0.25, -0.2) is 0 Å². The Hall–Kier alpha value is -0.780. The monoisotopic (exact) mass is 362 g/mol. The molecule has 0 saturated carbocycles. The molecule has 2 rings (SSSR count). The molecule has 1 aromatic rings. The third-order valence-corrected chi connectivity index (χ3v) is 3.89. The SMILES string of the molecule is COc1cc(Br)ccc1CC(=O)N1CCC[C@H](N)C1.Cl. The number of likely N-dealkylation sites (tertiary alicyclic amines) is 1. The maximum Gasteiger partial charge on any atom is 0.227 e. The lowest BCUT2D eigenvalue weighted by Gasteiger charge is -2.31. The van der Waals surface area contributed by atoms with E-state index >= 15 is 0 Å². The van der Waals surface area contributed by atoms with Gasteiger partial charge in [0.1, 0.15) is 5.75 Å². The molecule has 0 unspecified atom stereocenters. The predicted molar refractivity (Wildman–Crippen MR) is 85.4 cm³/mol. The van der Waals surface area contributed by atoms with Gasteiger partial charge in [-0.2, -0.15) is 0 Å². The van der Waals surface area contributed by atoms with Crippen LogP contribution in [0.5, 0.6) is 5.75 Å². The van der Waals surface area contributed by atoms with Crippen LogP contribution in [0, 0.1) is 0 Å². The van der Waals surface area contributed by atoms with Crippen molar-refractivity contribution in [2.75, 3.05) is 20.2 Å². The number of piperidine rings is 1. The lowest BCUT2D eigenvalue weighted by atomic mass is 10.0. The molecule has 1 heterocycles. The molecule has 0 aromatic heterocycles. The van der Waals surface area contributed by atoms with Gasteiger partial charge in [-0.3, -0.25) is 4.79 Å². The Bertz CT molecular complexity index is 470. The first kappa shape index (κ1) is 17.3. The number of nitrogens with zero attached hydrogens (tertiary/aromatic N) is 1. The van der Waals surface area contributed by atoms with Gasteiger partial charge in [0.05, 0.1) is 13.5 Å². The normalized spacial score (nSPS) is 18.4. The summed E-state index contributed by atoms with van der Waals surface area (Å²) in [5, 5.41) is 0. The fourth-order valence-corrected chi connectivity index (χ4v) is 2.72. The van der Waals surface area contributed by atoms with Crippen LogP contribution in [0.25, 0.3) is 0 Å². The van der Waals surface area contributed by atoms with E-state index in [1.54, 1.807) is 7.11 Å². The highest BCUT2D eigenvalue weighted by molar-refractivity contribution is 9.10. The molecule has 0 aliphatic carbocycles. The Labute approximate surface area is 134 Å². The zero-order valence-electron chi connectivity index (χ0n) is 11.5. The van der Waals surface area contributed by atoms with Crippen LogP contribution in [0.2, 0.25) is 0 Å². The van der Waals surface area contributed by atoms with Crippen molar-refractivity contribution in [3.63, 3.8) is 0 Å². The summed E-state index contributed by atoms with van der Waals surface area (Å²) < 4.78 is 6.26. The second-order valence-corrected chi connectivity index (χ2v) is 5.79. The van der Waals surface area contributed by atoms with Crippen molar-refractivity contribution in [1.82, 2.24) is 4.90 Å². The Morgan fingerprint density at radius 3 is 2.95 bits per heavy atom. The van der Waals surface area contributed by atoms with E-state index in [9.17, 15) is 4.79 Å². The summed E-state index contributed by atoms with van der Waals surface area (Å²) in [7, 11) is 1.62. The predicted octanol–water partition coefficient (Wildman–Crippen LogP) is 2.37. The fourth-order valence-electron chi connectivity index (χ4n) is 2.38. The molecule has 1 saturated heterocycles. The quantitative estimate of drug-likeness (QED) is 0.897. The van der Waals surface area contributed by atoms with E-state index in [0.29, 0.717) is 13.0 Å². The Kier molecular flexibility index (Phi) is 6.79. The lowest BCUT2D eigenvalue weighted by Crippen LogP contribution is -2.46. The van der Waals surface area contributed by atoms with E-state index < -0.39 is 0 Å². The second kappa shape index (κ2) is 7.86. The van der Waals surface area contributed by atoms with Crippen molar-refractivity contribution in [2.24, 2.45) is 5.73 Å². The van der Waals surface area contributed by atoms with E-state index in [4.69, 9.17) is 10.5 Å². The third-order valence-electron chi connectivity index (χ3n) is 3.40. The minimum atomic E-state index is 0. The van der Waals surface area contributed by atoms with Crippen LogP contribution in [0.1, 0.15) is 18.4 Å². The fraction of sp³-hybridized carbons (Fsp3) is 0.500. The number of nitrogens with two attached hydrogens (primary N) is 1. The van der Waals surface area contributed by atoms with Crippen molar-refractivity contribution in [2.45, 2.75) is 25.3 Å². The molecular formula is C14H20BrClN2O2. The summed E-state index contributed by atoms with van der Waals surface area (Å²) in [5.41, 5.74) is 6.82. The summed E-state index contributed by atoms with van der Waals surface area (Å²) in [6.45, 7) is 1.48. The van der Waals surface area contributed by atoms with Crippen molar-refractivity contribution in [1.29, 1.82) is 0 Å². The standard InChI is InChI=1S/C14H19BrN2O2.ClH/c1-19-13-8-11(15)5-4-10(13)7-14(18)17-6-2-3-12(16)9-17;/h4-5,8,12H,2-3,6-7,9,16H2,1H3;1H/t12-;/m0./s1. The van der Waals surface area contributed by atoms with Crippen LogP contribution in [-0.2, 0) is 11.2 Å². The minimum absolute atomic E-state index is 0. The molecule has 1 atom stereocenters. The maximum atomic E-state index is 12.3. The van der Waals surface area contributed by atoms with E-state index in [1.807, 2.05) is 23.1 Å². The van der Waals surface area contributed by atoms with Crippen molar-refractivity contribution < 1.29 is 9.53 Å². The largest absolute Gasteiger partial charge is 0.496 e. The van der Waals surface area contributed by atoms with Gasteiger partial charge in [0.2, 0.25) is 5.91 Å². The van der Waals surface area contributed by atoms with Gasteiger partial charge in [0.25, 0.3) is 0 Å². The van der Waals surface area contributed by atoms with Gasteiger partial charge < -0.3 is 15.4 Å². The van der Waals surface area contributed by atoms with Crippen LogP contribution >= 0.6 is 28.3 Å². The second-order valence-electron chi connectivity index (χ2n) is 4.88. The highest BCUT2D eigenvalue weighted by Crippen LogP contribution is 2.24. The smallest absolute Gasteiger partial charge is 0.227 e. The molecule has 1 aliphatic heterocycles. The molecule has 1 fully saturated rings. The van der Waals surface area contributed by atoms with E-state index in [0.717, 1.165) is 35.2 Å². The summed E-state index contributed by atoms with van der Waals surface area (Å²) in [6.07, 6.45) is 2.36. The molecule has 112 valence electrons. The summed E-state index contributed by atoms with van der Waals surface area (Å²) in [5.74, 6) is 0.861. The van der Waals surface area contributed by atoms with Gasteiger partial charge in [-0.1, -0.05) is 22.0 Å². The van der Waals surface area contributed by atoms with E-state index in [-0.39, 0.29) is 24.4 Å². The number of carbonyl (C=O) groups is 1. The average molecular weight is 364 g/mol. The first-order valence-corrected chi connectivity index (χ1v) is 7.25. The molecule has 0 radical (unpaired) electrons. The summed E-state index contributed by atoms with van der Waals surface area (Å²) in [4.78, 5) is 14.1. The average Bonchev–Trinajstić information content (AvgIpc) is 2.40. The molecule has 2 N–H and O–H groups in total. The number of rotatable bonds is 3. The van der Waals surface area contributed by atoms with Gasteiger partial charge in [0.15, 0.2) is 0 Å². The number of hydrogen-bond acceptors (Lipinski definition) is 3. The third kappa shape index (κ3) is 4.36. The van der Waals surface area contributed by atoms with E-state index in [1.165, 1.54) is 0 Å². The topological polar surface area (TPSA) is 55.6 Å². The molecule has 0 bridgehead atoms. The number of halogens is 2. The number of hydrogen-bond donors (Lipinski definition) is 1. The van der Waals surface area contributed by atoms with Crippen molar-refractivity contribution in [3.05, 3.63) is 28.2 Å². The zero-order valence-corrected chi connectivity index (χ0v) is 13.9. The molecule has 1 aliphatic rings. The van der Waals surface area contributed by atoms with Gasteiger partial charge in [-0.15, -0.1) is 12.4 Å². The summed E-state index contributed by atoms with van der Waals surface area (Å²) >= 11 is 3.40. The van der Waals surface area contributed by atoms with Crippen LogP contribution in [-0.4, -0.2) is 37.0 Å². The van der Waals surface area contributed by atoms with Crippen molar-refractivity contribution in [3.8, 4) is 5.75 Å². The molecular weight excluding hydrogens is 344 g/mol. The van der Waals surface area contributed by atoms with Gasteiger partial charge in [-0.05, 0) is 25.0 Å². The van der Waals surface area contributed by atoms with Crippen LogP contribution in [0.4, 0.5) is 0 Å². The number of amides is 1. The number of methoxy groups -OCH3 is 1. The van der Waals surface area contributed by atoms with Gasteiger partial charge >= 0.3 is 0 Å². The molecule has 0 spiro atoms. The molecule has 6 heteroatoms. The summed E-state index contributed by atoms with van der Waals surface area (Å²) in [6, 6.07) is 5.84. The Morgan fingerprint density at radius 2 is 2.30 bits per heavy atom. The first-order valence-electron chi connectivity index (χ1n) is 6.46. The minimum Gasteiger partial charge on any atom is -0.496 e. The highest BCUT2D eigenvalue weighted by Gasteiger charge is 2.22. The van der Waals surface area contributed by atoms with Crippen LogP contribution in [0.3, 0.4) is 0 Å². The highest BCUT2D eigenvalue weighted by atomic mass is 79.9. The number of ether oxygens (including phenoxy) is 1. The van der Waals surface area contributed by atoms with Crippen molar-refractivity contribution >= 4 is 34.2 Å².